The van der Waals surface area contributed by atoms with Gasteiger partial charge in [0.1, 0.15) is 0 Å². The molecule has 0 bridgehead atoms. The van der Waals surface area contributed by atoms with Gasteiger partial charge in [-0.3, -0.25) is 0 Å². The van der Waals surface area contributed by atoms with E-state index >= 15 is 0 Å². The highest BCUT2D eigenvalue weighted by Crippen LogP contribution is 2.52. The molecule has 0 fully saturated rings. The van der Waals surface area contributed by atoms with Crippen LogP contribution in [0.15, 0.2) is 0 Å². The molecule has 0 radical (unpaired) electrons. The van der Waals surface area contributed by atoms with Crippen molar-refractivity contribution in [3.8, 4) is 0 Å². The molecule has 0 aromatic rings. The molecule has 2 heteroatoms. The zero-order chi connectivity index (χ0) is 22.9. The highest BCUT2D eigenvalue weighted by atomic mass is 35.5. The van der Waals surface area contributed by atoms with Gasteiger partial charge < -0.3 is 12.4 Å². The monoisotopic (exact) mass is 490 g/mol. The third kappa shape index (κ3) is 28.8. The summed E-state index contributed by atoms with van der Waals surface area (Å²) in [5.74, 6) is 0. The predicted octanol–water partition coefficient (Wildman–Crippen LogP) is 8.67. The minimum atomic E-state index is -0.602. The highest BCUT2D eigenvalue weighted by molar-refractivity contribution is 7.74. The van der Waals surface area contributed by atoms with Gasteiger partial charge in [-0.05, 0) is 25.7 Å². The second-order valence-corrected chi connectivity index (χ2v) is 15.9. The largest absolute Gasteiger partial charge is 1.00 e. The van der Waals surface area contributed by atoms with Crippen LogP contribution in [0.4, 0.5) is 0 Å². The first-order chi connectivity index (χ1) is 15.1. The molecule has 0 aliphatic rings. The molecule has 0 aromatic carbocycles. The van der Waals surface area contributed by atoms with Crippen molar-refractivity contribution in [3.63, 3.8) is 0 Å². The van der Waals surface area contributed by atoms with E-state index in [0.717, 1.165) is 0 Å². The van der Waals surface area contributed by atoms with Gasteiger partial charge >= 0.3 is 0 Å². The van der Waals surface area contributed by atoms with Crippen LogP contribution < -0.4 is 12.4 Å². The molecule has 0 aliphatic heterocycles. The maximum atomic E-state index is 2.63. The fourth-order valence-electron chi connectivity index (χ4n) is 4.87. The topological polar surface area (TPSA) is 0 Å². The first kappa shape index (κ1) is 34.9. The molecule has 0 unspecified atom stereocenters. The van der Waals surface area contributed by atoms with Gasteiger partial charge in [0.2, 0.25) is 0 Å². The van der Waals surface area contributed by atoms with Crippen molar-refractivity contribution in [1.29, 1.82) is 0 Å². The number of halogens is 1. The molecule has 0 N–H and O–H groups in total. The summed E-state index contributed by atoms with van der Waals surface area (Å²) in [7, 11) is -0.602. The van der Waals surface area contributed by atoms with Crippen LogP contribution in [0.1, 0.15) is 168 Å². The molecule has 0 rings (SSSR count). The van der Waals surface area contributed by atoms with Gasteiger partial charge in [-0.2, -0.15) is 0 Å². The average molecular weight is 491 g/mol. The van der Waals surface area contributed by atoms with Crippen LogP contribution in [0.3, 0.4) is 0 Å². The van der Waals surface area contributed by atoms with Crippen LogP contribution in [0.25, 0.3) is 0 Å². The fourth-order valence-corrected chi connectivity index (χ4v) is 7.26. The van der Waals surface area contributed by atoms with Gasteiger partial charge in [0.25, 0.3) is 0 Å². The summed E-state index contributed by atoms with van der Waals surface area (Å²) >= 11 is 0. The molecular weight excluding hydrogens is 427 g/mol. The van der Waals surface area contributed by atoms with Crippen molar-refractivity contribution in [2.24, 2.45) is 0 Å². The standard InChI is InChI=1S/C30H64P.ClH/c1-5-7-9-11-13-15-17-19-21-23-25-27-29-31(3,4)30-28-26-24-22-20-18-16-14-12-10-8-6-2;/h5-30H2,1-4H3;1H/q+1;/p-1. The van der Waals surface area contributed by atoms with Crippen LogP contribution in [0.2, 0.25) is 0 Å². The lowest BCUT2D eigenvalue weighted by molar-refractivity contribution is -0.00000716. The molecule has 0 nitrogen and oxygen atoms in total. The molecule has 0 aromatic heterocycles. The summed E-state index contributed by atoms with van der Waals surface area (Å²) in [4.78, 5) is 0. The fraction of sp³-hybridized carbons (Fsp3) is 1.00. The van der Waals surface area contributed by atoms with Gasteiger partial charge in [0.15, 0.2) is 0 Å². The Hall–Kier alpha value is 0.720. The summed E-state index contributed by atoms with van der Waals surface area (Å²) in [5.41, 5.74) is 0. The van der Waals surface area contributed by atoms with Crippen LogP contribution in [0.5, 0.6) is 0 Å². The maximum Gasteiger partial charge on any atom is 0.0589 e. The lowest BCUT2D eigenvalue weighted by Crippen LogP contribution is -3.00. The lowest BCUT2D eigenvalue weighted by atomic mass is 10.1. The van der Waals surface area contributed by atoms with Crippen LogP contribution in [-0.4, -0.2) is 25.7 Å². The normalized spacial score (nSPS) is 11.6. The Kier molecular flexibility index (Phi) is 30.5. The van der Waals surface area contributed by atoms with Gasteiger partial charge in [0, 0.05) is 20.6 Å². The van der Waals surface area contributed by atoms with Gasteiger partial charge in [-0.15, -0.1) is 0 Å². The van der Waals surface area contributed by atoms with Gasteiger partial charge in [-0.1, -0.05) is 142 Å². The Morgan fingerprint density at radius 3 is 0.719 bits per heavy atom. The van der Waals surface area contributed by atoms with Crippen molar-refractivity contribution < 1.29 is 12.4 Å². The van der Waals surface area contributed by atoms with E-state index in [4.69, 9.17) is 0 Å². The minimum absolute atomic E-state index is 0. The summed E-state index contributed by atoms with van der Waals surface area (Å²) in [6.45, 7) is 9.87. The quantitative estimate of drug-likeness (QED) is 0.0839. The molecule has 0 aliphatic carbocycles. The third-order valence-corrected chi connectivity index (χ3v) is 10.3. The Morgan fingerprint density at radius 2 is 0.500 bits per heavy atom. The number of hydrogen-bond acceptors (Lipinski definition) is 0. The van der Waals surface area contributed by atoms with Crippen LogP contribution in [-0.2, 0) is 0 Å². The Labute approximate surface area is 213 Å². The Bertz CT molecular complexity index is 299. The van der Waals surface area contributed by atoms with Crippen molar-refractivity contribution in [2.45, 2.75) is 168 Å². The van der Waals surface area contributed by atoms with E-state index in [-0.39, 0.29) is 12.4 Å². The minimum Gasteiger partial charge on any atom is -1.00 e. The first-order valence-corrected chi connectivity index (χ1v) is 18.0. The van der Waals surface area contributed by atoms with E-state index in [9.17, 15) is 0 Å². The number of rotatable bonds is 26. The van der Waals surface area contributed by atoms with Crippen molar-refractivity contribution in [2.75, 3.05) is 25.7 Å². The Balaban J connectivity index is 0. The molecular formula is C30H64ClP. The molecule has 0 amide bonds. The van der Waals surface area contributed by atoms with Gasteiger partial charge in [0.05, 0.1) is 12.3 Å². The number of unbranched alkanes of at least 4 members (excludes halogenated alkanes) is 22. The zero-order valence-corrected chi connectivity index (χ0v) is 24.9. The summed E-state index contributed by atoms with van der Waals surface area (Å²) in [6, 6.07) is 0. The second kappa shape index (κ2) is 28.0. The van der Waals surface area contributed by atoms with E-state index < -0.39 is 7.26 Å². The molecule has 32 heavy (non-hydrogen) atoms. The number of hydrogen-bond donors (Lipinski definition) is 0. The lowest BCUT2D eigenvalue weighted by Gasteiger charge is -2.18. The SMILES string of the molecule is CCCCCCCCCCCCCC[P+](C)(C)CCCCCCCCCCCCCC.[Cl-]. The van der Waals surface area contributed by atoms with Crippen molar-refractivity contribution in [1.82, 2.24) is 0 Å². The van der Waals surface area contributed by atoms with E-state index in [1.165, 1.54) is 154 Å². The summed E-state index contributed by atoms with van der Waals surface area (Å²) in [5, 5.41) is 0. The molecule has 196 valence electrons. The molecule has 0 atom stereocenters. The Morgan fingerprint density at radius 1 is 0.312 bits per heavy atom. The second-order valence-electron chi connectivity index (χ2n) is 11.2. The van der Waals surface area contributed by atoms with Gasteiger partial charge in [-0.25, -0.2) is 0 Å². The zero-order valence-electron chi connectivity index (χ0n) is 23.2. The highest BCUT2D eigenvalue weighted by Gasteiger charge is 2.23. The van der Waals surface area contributed by atoms with E-state index in [1.54, 1.807) is 12.3 Å². The third-order valence-electron chi connectivity index (χ3n) is 7.23. The van der Waals surface area contributed by atoms with E-state index in [1.807, 2.05) is 0 Å². The maximum absolute atomic E-state index is 2.63. The molecule has 0 saturated heterocycles. The molecule has 0 saturated carbocycles. The van der Waals surface area contributed by atoms with E-state index in [0.29, 0.717) is 0 Å². The predicted molar refractivity (Wildman–Crippen MR) is 151 cm³/mol. The summed E-state index contributed by atoms with van der Waals surface area (Å²) < 4.78 is 0. The van der Waals surface area contributed by atoms with Crippen LogP contribution in [0, 0.1) is 0 Å². The van der Waals surface area contributed by atoms with Crippen LogP contribution >= 0.6 is 7.26 Å². The van der Waals surface area contributed by atoms with Crippen molar-refractivity contribution >= 4 is 7.26 Å². The average Bonchev–Trinajstić information content (AvgIpc) is 2.75. The molecule has 0 spiro atoms. The molecule has 0 heterocycles. The summed E-state index contributed by atoms with van der Waals surface area (Å²) in [6.07, 6.45) is 38.5. The van der Waals surface area contributed by atoms with E-state index in [2.05, 4.69) is 27.2 Å². The smallest absolute Gasteiger partial charge is 0.0589 e. The van der Waals surface area contributed by atoms with Crippen molar-refractivity contribution in [3.05, 3.63) is 0 Å². The first-order valence-electron chi connectivity index (χ1n) is 14.9.